The Balaban J connectivity index is 2.31. The summed E-state index contributed by atoms with van der Waals surface area (Å²) in [5.74, 6) is 5.84. The van der Waals surface area contributed by atoms with Gasteiger partial charge in [-0.25, -0.2) is 4.98 Å². The molecule has 14 heavy (non-hydrogen) atoms. The van der Waals surface area contributed by atoms with Crippen LogP contribution in [0.3, 0.4) is 0 Å². The van der Waals surface area contributed by atoms with Gasteiger partial charge in [-0.1, -0.05) is 11.8 Å². The second-order valence-corrected chi connectivity index (χ2v) is 2.91. The summed E-state index contributed by atoms with van der Waals surface area (Å²) in [6, 6.07) is 5.80. The first-order valence-electron chi connectivity index (χ1n) is 4.43. The highest BCUT2D eigenvalue weighted by atomic mass is 16.2. The van der Waals surface area contributed by atoms with Crippen molar-refractivity contribution in [3.8, 4) is 11.8 Å². The van der Waals surface area contributed by atoms with E-state index >= 15 is 0 Å². The topological polar surface area (TPSA) is 48.9 Å². The number of aromatic amines is 1. The van der Waals surface area contributed by atoms with Gasteiger partial charge < -0.3 is 10.1 Å². The molecule has 3 nitrogen and oxygen atoms in total. The SMILES string of the molecule is OCCC#Cc1ccc2nc[nH]c2c1. The van der Waals surface area contributed by atoms with Crippen LogP contribution < -0.4 is 0 Å². The van der Waals surface area contributed by atoms with Crippen molar-refractivity contribution < 1.29 is 5.11 Å². The first-order valence-corrected chi connectivity index (χ1v) is 4.43. The summed E-state index contributed by atoms with van der Waals surface area (Å²) < 4.78 is 0. The number of hydrogen-bond donors (Lipinski definition) is 2. The normalized spacial score (nSPS) is 9.79. The fourth-order valence-electron chi connectivity index (χ4n) is 1.23. The molecule has 0 saturated carbocycles. The van der Waals surface area contributed by atoms with Crippen molar-refractivity contribution in [3.63, 3.8) is 0 Å². The van der Waals surface area contributed by atoms with Gasteiger partial charge in [-0.15, -0.1) is 0 Å². The van der Waals surface area contributed by atoms with Crippen LogP contribution in [0.1, 0.15) is 12.0 Å². The van der Waals surface area contributed by atoms with Crippen LogP contribution in [0.2, 0.25) is 0 Å². The van der Waals surface area contributed by atoms with Crippen LogP contribution in [0.25, 0.3) is 11.0 Å². The van der Waals surface area contributed by atoms with Gasteiger partial charge in [0.05, 0.1) is 24.0 Å². The van der Waals surface area contributed by atoms with Gasteiger partial charge in [0.15, 0.2) is 0 Å². The van der Waals surface area contributed by atoms with Gasteiger partial charge in [0.2, 0.25) is 0 Å². The van der Waals surface area contributed by atoms with E-state index in [-0.39, 0.29) is 6.61 Å². The molecule has 0 amide bonds. The molecule has 2 N–H and O–H groups in total. The minimum absolute atomic E-state index is 0.110. The Labute approximate surface area is 81.8 Å². The summed E-state index contributed by atoms with van der Waals surface area (Å²) in [6.07, 6.45) is 2.18. The largest absolute Gasteiger partial charge is 0.395 e. The fourth-order valence-corrected chi connectivity index (χ4v) is 1.23. The van der Waals surface area contributed by atoms with Crippen LogP contribution in [0.4, 0.5) is 0 Å². The summed E-state index contributed by atoms with van der Waals surface area (Å²) in [5, 5.41) is 8.56. The van der Waals surface area contributed by atoms with Gasteiger partial charge in [0, 0.05) is 12.0 Å². The summed E-state index contributed by atoms with van der Waals surface area (Å²) in [7, 11) is 0. The van der Waals surface area contributed by atoms with Crippen molar-refractivity contribution in [2.45, 2.75) is 6.42 Å². The van der Waals surface area contributed by atoms with E-state index in [9.17, 15) is 0 Å². The van der Waals surface area contributed by atoms with E-state index in [1.807, 2.05) is 18.2 Å². The van der Waals surface area contributed by atoms with E-state index in [2.05, 4.69) is 21.8 Å². The molecule has 2 rings (SSSR count). The van der Waals surface area contributed by atoms with Crippen molar-refractivity contribution in [3.05, 3.63) is 30.1 Å². The second kappa shape index (κ2) is 3.95. The summed E-state index contributed by atoms with van der Waals surface area (Å²) in [6.45, 7) is 0.110. The number of hydrogen-bond acceptors (Lipinski definition) is 2. The van der Waals surface area contributed by atoms with Crippen molar-refractivity contribution in [2.24, 2.45) is 0 Å². The van der Waals surface area contributed by atoms with E-state index in [1.165, 1.54) is 0 Å². The highest BCUT2D eigenvalue weighted by molar-refractivity contribution is 5.76. The molecule has 0 aliphatic rings. The standard InChI is InChI=1S/C11H10N2O/c14-6-2-1-3-9-4-5-10-11(7-9)13-8-12-10/h4-5,7-8,14H,2,6H2,(H,12,13). The molecule has 0 atom stereocenters. The first-order chi connectivity index (χ1) is 6.90. The number of nitrogens with one attached hydrogen (secondary N) is 1. The lowest BCUT2D eigenvalue weighted by Gasteiger charge is -1.90. The lowest BCUT2D eigenvalue weighted by Crippen LogP contribution is -1.78. The van der Waals surface area contributed by atoms with E-state index in [0.29, 0.717) is 6.42 Å². The first kappa shape index (κ1) is 8.79. The van der Waals surface area contributed by atoms with Gasteiger partial charge in [-0.3, -0.25) is 0 Å². The molecule has 0 bridgehead atoms. The summed E-state index contributed by atoms with van der Waals surface area (Å²) >= 11 is 0. The molecule has 0 aliphatic carbocycles. The Bertz CT molecular complexity index is 490. The molecule has 0 radical (unpaired) electrons. The minimum Gasteiger partial charge on any atom is -0.395 e. The number of benzene rings is 1. The zero-order valence-corrected chi connectivity index (χ0v) is 7.62. The predicted octanol–water partition coefficient (Wildman–Crippen LogP) is 1.30. The highest BCUT2D eigenvalue weighted by Gasteiger charge is 1.94. The van der Waals surface area contributed by atoms with Gasteiger partial charge in [-0.2, -0.15) is 0 Å². The summed E-state index contributed by atoms with van der Waals surface area (Å²) in [4.78, 5) is 7.13. The molecule has 0 unspecified atom stereocenters. The Morgan fingerprint density at radius 1 is 1.43 bits per heavy atom. The number of imidazole rings is 1. The van der Waals surface area contributed by atoms with Crippen LogP contribution in [0, 0.1) is 11.8 Å². The molecular weight excluding hydrogens is 176 g/mol. The van der Waals surface area contributed by atoms with E-state index < -0.39 is 0 Å². The van der Waals surface area contributed by atoms with Gasteiger partial charge in [0.1, 0.15) is 0 Å². The molecule has 0 fully saturated rings. The van der Waals surface area contributed by atoms with E-state index in [4.69, 9.17) is 5.11 Å². The molecule has 1 aromatic heterocycles. The third kappa shape index (κ3) is 1.76. The van der Waals surface area contributed by atoms with E-state index in [0.717, 1.165) is 16.6 Å². The smallest absolute Gasteiger partial charge is 0.0931 e. The highest BCUT2D eigenvalue weighted by Crippen LogP contribution is 2.10. The number of aromatic nitrogens is 2. The molecule has 0 aliphatic heterocycles. The number of H-pyrrole nitrogens is 1. The quantitative estimate of drug-likeness (QED) is 0.659. The Morgan fingerprint density at radius 2 is 2.36 bits per heavy atom. The third-order valence-corrected chi connectivity index (χ3v) is 1.89. The molecule has 2 aromatic rings. The molecule has 70 valence electrons. The number of aliphatic hydroxyl groups excluding tert-OH is 1. The zero-order valence-electron chi connectivity index (χ0n) is 7.62. The predicted molar refractivity (Wildman–Crippen MR) is 54.7 cm³/mol. The Kier molecular flexibility index (Phi) is 2.48. The number of aliphatic hydroxyl groups is 1. The number of nitrogens with zero attached hydrogens (tertiary/aromatic N) is 1. The maximum atomic E-state index is 8.56. The number of fused-ring (bicyclic) bond motifs is 1. The summed E-state index contributed by atoms with van der Waals surface area (Å²) in [5.41, 5.74) is 2.87. The average molecular weight is 186 g/mol. The van der Waals surface area contributed by atoms with E-state index in [1.54, 1.807) is 6.33 Å². The van der Waals surface area contributed by atoms with Gasteiger partial charge >= 0.3 is 0 Å². The Hall–Kier alpha value is -1.79. The van der Waals surface area contributed by atoms with Crippen LogP contribution >= 0.6 is 0 Å². The van der Waals surface area contributed by atoms with Crippen LogP contribution in [-0.4, -0.2) is 21.7 Å². The zero-order chi connectivity index (χ0) is 9.80. The van der Waals surface area contributed by atoms with Crippen molar-refractivity contribution in [2.75, 3.05) is 6.61 Å². The second-order valence-electron chi connectivity index (χ2n) is 2.91. The maximum absolute atomic E-state index is 8.56. The monoisotopic (exact) mass is 186 g/mol. The molecule has 1 heterocycles. The third-order valence-electron chi connectivity index (χ3n) is 1.89. The maximum Gasteiger partial charge on any atom is 0.0931 e. The van der Waals surface area contributed by atoms with Crippen LogP contribution in [-0.2, 0) is 0 Å². The molecule has 1 aromatic carbocycles. The van der Waals surface area contributed by atoms with Crippen molar-refractivity contribution >= 4 is 11.0 Å². The van der Waals surface area contributed by atoms with Crippen molar-refractivity contribution in [1.82, 2.24) is 9.97 Å². The average Bonchev–Trinajstić information content (AvgIpc) is 2.65. The van der Waals surface area contributed by atoms with Gasteiger partial charge in [0.25, 0.3) is 0 Å². The lowest BCUT2D eigenvalue weighted by molar-refractivity contribution is 0.305. The molecule has 3 heteroatoms. The van der Waals surface area contributed by atoms with Crippen LogP contribution in [0.15, 0.2) is 24.5 Å². The molecule has 0 saturated heterocycles. The minimum atomic E-state index is 0.110. The van der Waals surface area contributed by atoms with Crippen LogP contribution in [0.5, 0.6) is 0 Å². The van der Waals surface area contributed by atoms with Gasteiger partial charge in [-0.05, 0) is 18.2 Å². The fraction of sp³-hybridized carbons (Fsp3) is 0.182. The Morgan fingerprint density at radius 3 is 3.21 bits per heavy atom. The number of rotatable bonds is 1. The molecular formula is C11H10N2O. The lowest BCUT2D eigenvalue weighted by atomic mass is 10.2. The molecule has 0 spiro atoms. The van der Waals surface area contributed by atoms with Crippen molar-refractivity contribution in [1.29, 1.82) is 0 Å².